The van der Waals surface area contributed by atoms with Crippen molar-refractivity contribution in [1.29, 1.82) is 0 Å². The van der Waals surface area contributed by atoms with Crippen molar-refractivity contribution in [2.45, 2.75) is 27.3 Å². The number of likely N-dealkylation sites (N-methyl/N-ethyl adjacent to an activating group) is 1. The lowest BCUT2D eigenvalue weighted by Gasteiger charge is -2.22. The van der Waals surface area contributed by atoms with Crippen LogP contribution in [-0.4, -0.2) is 52.8 Å². The third-order valence-corrected chi connectivity index (χ3v) is 5.63. The fourth-order valence-corrected chi connectivity index (χ4v) is 3.99. The SMILES string of the molecule is CCn1nccc1C(=O)N(CCN(C)C)c1nc2c(C)ccc(C)c2s1.Cl. The molecule has 8 heteroatoms. The van der Waals surface area contributed by atoms with E-state index in [1.54, 1.807) is 33.2 Å². The number of carbonyl (C=O) groups is 1. The number of thiazole rings is 1. The number of nitrogens with zero attached hydrogens (tertiary/aromatic N) is 5. The monoisotopic (exact) mass is 407 g/mol. The van der Waals surface area contributed by atoms with E-state index in [-0.39, 0.29) is 18.3 Å². The summed E-state index contributed by atoms with van der Waals surface area (Å²) in [5, 5.41) is 4.98. The van der Waals surface area contributed by atoms with Crippen LogP contribution >= 0.6 is 23.7 Å². The Morgan fingerprint density at radius 3 is 2.48 bits per heavy atom. The van der Waals surface area contributed by atoms with Crippen LogP contribution in [-0.2, 0) is 6.54 Å². The summed E-state index contributed by atoms with van der Waals surface area (Å²) in [6.45, 7) is 8.13. The highest BCUT2D eigenvalue weighted by atomic mass is 35.5. The fourth-order valence-electron chi connectivity index (χ4n) is 2.85. The Balaban J connectivity index is 0.00000261. The Morgan fingerprint density at radius 1 is 1.15 bits per heavy atom. The molecule has 0 aliphatic heterocycles. The average Bonchev–Trinajstić information content (AvgIpc) is 3.25. The molecule has 0 aliphatic carbocycles. The van der Waals surface area contributed by atoms with E-state index in [9.17, 15) is 4.79 Å². The molecule has 146 valence electrons. The van der Waals surface area contributed by atoms with Crippen LogP contribution in [0.5, 0.6) is 0 Å². The van der Waals surface area contributed by atoms with Gasteiger partial charge >= 0.3 is 0 Å². The number of anilines is 1. The highest BCUT2D eigenvalue weighted by molar-refractivity contribution is 7.22. The van der Waals surface area contributed by atoms with Gasteiger partial charge in [0.25, 0.3) is 5.91 Å². The topological polar surface area (TPSA) is 54.3 Å². The van der Waals surface area contributed by atoms with Crippen LogP contribution in [0.1, 0.15) is 28.5 Å². The smallest absolute Gasteiger partial charge is 0.278 e. The molecule has 0 saturated heterocycles. The predicted molar refractivity (Wildman–Crippen MR) is 114 cm³/mol. The molecule has 0 bridgehead atoms. The van der Waals surface area contributed by atoms with Gasteiger partial charge in [-0.1, -0.05) is 23.5 Å². The van der Waals surface area contributed by atoms with E-state index in [1.165, 1.54) is 5.56 Å². The second-order valence-corrected chi connectivity index (χ2v) is 7.64. The molecule has 0 radical (unpaired) electrons. The molecule has 1 amide bonds. The van der Waals surface area contributed by atoms with Gasteiger partial charge in [-0.2, -0.15) is 5.10 Å². The minimum atomic E-state index is -0.0550. The van der Waals surface area contributed by atoms with E-state index < -0.39 is 0 Å². The first kappa shape index (κ1) is 21.3. The van der Waals surface area contributed by atoms with Gasteiger partial charge in [0.1, 0.15) is 5.69 Å². The quantitative estimate of drug-likeness (QED) is 0.624. The van der Waals surface area contributed by atoms with Gasteiger partial charge in [0.15, 0.2) is 5.13 Å². The molecule has 0 N–H and O–H groups in total. The van der Waals surface area contributed by atoms with Crippen molar-refractivity contribution in [3.05, 3.63) is 41.2 Å². The summed E-state index contributed by atoms with van der Waals surface area (Å²) in [5.74, 6) is -0.0550. The summed E-state index contributed by atoms with van der Waals surface area (Å²) < 4.78 is 2.88. The maximum Gasteiger partial charge on any atom is 0.278 e. The van der Waals surface area contributed by atoms with Gasteiger partial charge in [-0.15, -0.1) is 12.4 Å². The van der Waals surface area contributed by atoms with Crippen LogP contribution in [0, 0.1) is 13.8 Å². The number of benzene rings is 1. The van der Waals surface area contributed by atoms with Crippen molar-refractivity contribution in [1.82, 2.24) is 19.7 Å². The average molecular weight is 408 g/mol. The van der Waals surface area contributed by atoms with Gasteiger partial charge in [-0.05, 0) is 52.1 Å². The summed E-state index contributed by atoms with van der Waals surface area (Å²) in [4.78, 5) is 21.9. The van der Waals surface area contributed by atoms with Crippen LogP contribution in [0.2, 0.25) is 0 Å². The number of halogens is 1. The van der Waals surface area contributed by atoms with Crippen LogP contribution in [0.15, 0.2) is 24.4 Å². The highest BCUT2D eigenvalue weighted by Crippen LogP contribution is 2.33. The molecule has 0 atom stereocenters. The number of hydrogen-bond acceptors (Lipinski definition) is 5. The predicted octanol–water partition coefficient (Wildman–Crippen LogP) is 3.76. The van der Waals surface area contributed by atoms with Crippen molar-refractivity contribution in [3.63, 3.8) is 0 Å². The maximum atomic E-state index is 13.3. The number of carbonyl (C=O) groups excluding carboxylic acids is 1. The van der Waals surface area contributed by atoms with Gasteiger partial charge in [-0.25, -0.2) is 4.98 Å². The summed E-state index contributed by atoms with van der Waals surface area (Å²) in [5.41, 5.74) is 3.90. The minimum Gasteiger partial charge on any atom is -0.308 e. The first-order valence-corrected chi connectivity index (χ1v) is 9.59. The second-order valence-electron chi connectivity index (χ2n) is 6.67. The van der Waals surface area contributed by atoms with Crippen LogP contribution in [0.25, 0.3) is 10.2 Å². The van der Waals surface area contributed by atoms with Gasteiger partial charge in [-0.3, -0.25) is 14.4 Å². The number of aryl methyl sites for hydroxylation is 3. The van der Waals surface area contributed by atoms with Gasteiger partial charge in [0.2, 0.25) is 0 Å². The third kappa shape index (κ3) is 4.31. The van der Waals surface area contributed by atoms with E-state index in [2.05, 4.69) is 36.0 Å². The maximum absolute atomic E-state index is 13.3. The zero-order valence-corrected chi connectivity index (χ0v) is 18.0. The molecular formula is C19H26ClN5OS. The third-order valence-electron chi connectivity index (χ3n) is 4.41. The summed E-state index contributed by atoms with van der Waals surface area (Å²) >= 11 is 1.58. The Labute approximate surface area is 170 Å². The second kappa shape index (κ2) is 8.82. The molecule has 6 nitrogen and oxygen atoms in total. The van der Waals surface area contributed by atoms with E-state index in [0.717, 1.165) is 27.5 Å². The summed E-state index contributed by atoms with van der Waals surface area (Å²) in [6.07, 6.45) is 1.67. The number of amides is 1. The number of aromatic nitrogens is 3. The Hall–Kier alpha value is -1.96. The number of rotatable bonds is 6. The zero-order valence-electron chi connectivity index (χ0n) is 16.4. The molecule has 2 heterocycles. The molecule has 2 aromatic heterocycles. The Bertz CT molecular complexity index is 894. The molecule has 0 saturated carbocycles. The zero-order chi connectivity index (χ0) is 18.8. The fraction of sp³-hybridized carbons (Fsp3) is 0.421. The first-order chi connectivity index (χ1) is 12.4. The Morgan fingerprint density at radius 2 is 1.85 bits per heavy atom. The molecule has 3 rings (SSSR count). The normalized spacial score (nSPS) is 11.0. The summed E-state index contributed by atoms with van der Waals surface area (Å²) in [6, 6.07) is 5.97. The minimum absolute atomic E-state index is 0. The van der Waals surface area contributed by atoms with Crippen LogP contribution in [0.3, 0.4) is 0 Å². The van der Waals surface area contributed by atoms with Gasteiger partial charge in [0, 0.05) is 25.8 Å². The molecule has 0 spiro atoms. The van der Waals surface area contributed by atoms with Crippen LogP contribution < -0.4 is 4.90 Å². The lowest BCUT2D eigenvalue weighted by molar-refractivity contribution is 0.0975. The van der Waals surface area contributed by atoms with Crippen molar-refractivity contribution in [2.75, 3.05) is 32.1 Å². The Kier molecular flexibility index (Phi) is 6.97. The van der Waals surface area contributed by atoms with Crippen molar-refractivity contribution >= 4 is 45.0 Å². The number of hydrogen-bond donors (Lipinski definition) is 0. The van der Waals surface area contributed by atoms with Crippen molar-refractivity contribution in [3.8, 4) is 0 Å². The molecule has 1 aromatic carbocycles. The lowest BCUT2D eigenvalue weighted by atomic mass is 10.1. The van der Waals surface area contributed by atoms with E-state index >= 15 is 0 Å². The molecule has 3 aromatic rings. The molecule has 0 fully saturated rings. The molecule has 27 heavy (non-hydrogen) atoms. The number of fused-ring (bicyclic) bond motifs is 1. The van der Waals surface area contributed by atoms with E-state index in [0.29, 0.717) is 18.8 Å². The van der Waals surface area contributed by atoms with E-state index in [4.69, 9.17) is 4.98 Å². The molecular weight excluding hydrogens is 382 g/mol. The van der Waals surface area contributed by atoms with Gasteiger partial charge in [0.05, 0.1) is 10.2 Å². The molecule has 0 unspecified atom stereocenters. The summed E-state index contributed by atoms with van der Waals surface area (Å²) in [7, 11) is 4.01. The van der Waals surface area contributed by atoms with Gasteiger partial charge < -0.3 is 4.90 Å². The largest absolute Gasteiger partial charge is 0.308 e. The first-order valence-electron chi connectivity index (χ1n) is 8.77. The highest BCUT2D eigenvalue weighted by Gasteiger charge is 2.24. The van der Waals surface area contributed by atoms with Crippen LogP contribution in [0.4, 0.5) is 5.13 Å². The lowest BCUT2D eigenvalue weighted by Crippen LogP contribution is -2.37. The van der Waals surface area contributed by atoms with E-state index in [1.807, 2.05) is 21.0 Å². The van der Waals surface area contributed by atoms with Crippen molar-refractivity contribution < 1.29 is 4.79 Å². The van der Waals surface area contributed by atoms with Crippen molar-refractivity contribution in [2.24, 2.45) is 0 Å². The molecule has 0 aliphatic rings. The standard InChI is InChI=1S/C19H25N5OS.ClH/c1-6-24-15(9-10-20-24)18(25)23(12-11-22(4)5)19-21-16-13(2)7-8-14(3)17(16)26-19;/h7-10H,6,11-12H2,1-5H3;1H.